The van der Waals surface area contributed by atoms with E-state index in [1.807, 2.05) is 0 Å². The first-order chi connectivity index (χ1) is 8.88. The minimum Gasteiger partial charge on any atom is -0.388 e. The lowest BCUT2D eigenvalue weighted by Crippen LogP contribution is -2.13. The van der Waals surface area contributed by atoms with Crippen molar-refractivity contribution in [2.75, 3.05) is 0 Å². The smallest absolute Gasteiger partial charge is 0.388 e. The fraction of sp³-hybridized carbons (Fsp3) is 0.231. The molecule has 1 aromatic heterocycles. The molecule has 0 saturated heterocycles. The van der Waals surface area contributed by atoms with E-state index in [2.05, 4.69) is 0 Å². The highest BCUT2D eigenvalue weighted by Gasteiger charge is 2.35. The van der Waals surface area contributed by atoms with Crippen molar-refractivity contribution in [1.29, 1.82) is 0 Å². The lowest BCUT2D eigenvalue weighted by molar-refractivity contribution is -0.139. The van der Waals surface area contributed by atoms with Gasteiger partial charge in [-0.3, -0.25) is 0 Å². The molecule has 2 aromatic rings. The van der Waals surface area contributed by atoms with Crippen molar-refractivity contribution >= 4 is 11.3 Å². The van der Waals surface area contributed by atoms with Gasteiger partial charge >= 0.3 is 6.18 Å². The molecule has 0 bridgehead atoms. The molecule has 0 amide bonds. The molecule has 0 radical (unpaired) electrons. The Balaban J connectivity index is 2.33. The van der Waals surface area contributed by atoms with Gasteiger partial charge in [0.1, 0.15) is 5.82 Å². The maximum absolute atomic E-state index is 12.9. The normalized spacial score (nSPS) is 13.5. The Kier molecular flexibility index (Phi) is 3.91. The summed E-state index contributed by atoms with van der Waals surface area (Å²) in [5.74, 6) is -0.973. The maximum atomic E-state index is 12.9. The maximum Gasteiger partial charge on any atom is 0.416 e. The Labute approximate surface area is 111 Å². The van der Waals surface area contributed by atoms with Gasteiger partial charge in [0.25, 0.3) is 0 Å². The van der Waals surface area contributed by atoms with Crippen LogP contribution in [0.4, 0.5) is 17.6 Å². The molecule has 1 unspecified atom stereocenters. The highest BCUT2D eigenvalue weighted by molar-refractivity contribution is 7.07. The quantitative estimate of drug-likeness (QED) is 0.841. The van der Waals surface area contributed by atoms with Gasteiger partial charge in [-0.1, -0.05) is 6.07 Å². The van der Waals surface area contributed by atoms with Crippen LogP contribution in [0.2, 0.25) is 0 Å². The van der Waals surface area contributed by atoms with Crippen LogP contribution in [0, 0.1) is 5.82 Å². The minimum absolute atomic E-state index is 0.0677. The van der Waals surface area contributed by atoms with Gasteiger partial charge in [-0.25, -0.2) is 4.39 Å². The minimum atomic E-state index is -4.69. The summed E-state index contributed by atoms with van der Waals surface area (Å²) in [4.78, 5) is 0. The lowest BCUT2D eigenvalue weighted by Gasteiger charge is -2.17. The zero-order valence-corrected chi connectivity index (χ0v) is 10.4. The zero-order valence-electron chi connectivity index (χ0n) is 9.62. The molecule has 102 valence electrons. The molecule has 19 heavy (non-hydrogen) atoms. The van der Waals surface area contributed by atoms with E-state index in [0.717, 1.165) is 17.7 Å². The molecule has 1 atom stereocenters. The lowest BCUT2D eigenvalue weighted by atomic mass is 9.97. The average Bonchev–Trinajstić information content (AvgIpc) is 2.80. The Morgan fingerprint density at radius 1 is 1.21 bits per heavy atom. The molecule has 0 saturated carbocycles. The Morgan fingerprint density at radius 3 is 2.53 bits per heavy atom. The number of rotatable bonds is 3. The number of thiophene rings is 1. The fourth-order valence-electron chi connectivity index (χ4n) is 1.81. The third-order valence-corrected chi connectivity index (χ3v) is 3.42. The van der Waals surface area contributed by atoms with E-state index in [1.54, 1.807) is 16.8 Å². The van der Waals surface area contributed by atoms with Crippen molar-refractivity contribution in [1.82, 2.24) is 0 Å². The number of hydrogen-bond donors (Lipinski definition) is 1. The molecular formula is C13H10F4OS. The molecular weight excluding hydrogens is 280 g/mol. The summed E-state index contributed by atoms with van der Waals surface area (Å²) < 4.78 is 51.3. The number of benzene rings is 1. The van der Waals surface area contributed by atoms with Crippen LogP contribution in [-0.2, 0) is 12.6 Å². The van der Waals surface area contributed by atoms with E-state index in [0.29, 0.717) is 6.07 Å². The molecule has 0 spiro atoms. The summed E-state index contributed by atoms with van der Waals surface area (Å²) in [5, 5.41) is 13.4. The first-order valence-corrected chi connectivity index (χ1v) is 6.38. The van der Waals surface area contributed by atoms with Crippen molar-refractivity contribution in [3.63, 3.8) is 0 Å². The van der Waals surface area contributed by atoms with Crippen molar-refractivity contribution in [2.45, 2.75) is 18.7 Å². The van der Waals surface area contributed by atoms with Crippen LogP contribution in [-0.4, -0.2) is 5.11 Å². The molecule has 0 aliphatic rings. The SMILES string of the molecule is OC(Cc1ccsc1)c1ccc(F)cc1C(F)(F)F. The van der Waals surface area contributed by atoms with Crippen molar-refractivity contribution in [3.8, 4) is 0 Å². The highest BCUT2D eigenvalue weighted by Crippen LogP contribution is 2.36. The standard InChI is InChI=1S/C13H10F4OS/c14-9-1-2-10(11(6-9)13(15,16)17)12(18)5-8-3-4-19-7-8/h1-4,6-7,12,18H,5H2. The van der Waals surface area contributed by atoms with E-state index >= 15 is 0 Å². The van der Waals surface area contributed by atoms with Crippen LogP contribution in [0.5, 0.6) is 0 Å². The molecule has 0 fully saturated rings. The van der Waals surface area contributed by atoms with Crippen molar-refractivity contribution in [2.24, 2.45) is 0 Å². The van der Waals surface area contributed by atoms with E-state index in [1.165, 1.54) is 11.3 Å². The number of alkyl halides is 3. The van der Waals surface area contributed by atoms with Gasteiger partial charge in [-0.05, 0) is 40.1 Å². The molecule has 0 aliphatic heterocycles. The van der Waals surface area contributed by atoms with E-state index in [4.69, 9.17) is 0 Å². The summed E-state index contributed by atoms with van der Waals surface area (Å²) in [6, 6.07) is 4.04. The zero-order chi connectivity index (χ0) is 14.0. The second-order valence-electron chi connectivity index (χ2n) is 4.08. The number of halogens is 4. The van der Waals surface area contributed by atoms with Crippen LogP contribution in [0.1, 0.15) is 22.8 Å². The van der Waals surface area contributed by atoms with Crippen molar-refractivity contribution in [3.05, 3.63) is 57.5 Å². The van der Waals surface area contributed by atoms with Crippen LogP contribution in [0.15, 0.2) is 35.0 Å². The van der Waals surface area contributed by atoms with E-state index in [9.17, 15) is 22.7 Å². The van der Waals surface area contributed by atoms with Crippen molar-refractivity contribution < 1.29 is 22.7 Å². The molecule has 1 N–H and O–H groups in total. The summed E-state index contributed by atoms with van der Waals surface area (Å²) in [6.07, 6.45) is -5.93. The number of hydrogen-bond acceptors (Lipinski definition) is 2. The summed E-state index contributed by atoms with van der Waals surface area (Å²) >= 11 is 1.40. The topological polar surface area (TPSA) is 20.2 Å². The van der Waals surface area contributed by atoms with Crippen LogP contribution < -0.4 is 0 Å². The molecule has 1 nitrogen and oxygen atoms in total. The van der Waals surface area contributed by atoms with Gasteiger partial charge in [0.05, 0.1) is 11.7 Å². The third-order valence-electron chi connectivity index (χ3n) is 2.69. The first-order valence-electron chi connectivity index (χ1n) is 5.43. The Bertz CT molecular complexity index is 548. The van der Waals surface area contributed by atoms with Gasteiger partial charge in [-0.2, -0.15) is 24.5 Å². The largest absolute Gasteiger partial charge is 0.416 e. The van der Waals surface area contributed by atoms with Crippen LogP contribution in [0.25, 0.3) is 0 Å². The fourth-order valence-corrected chi connectivity index (χ4v) is 2.49. The summed E-state index contributed by atoms with van der Waals surface area (Å²) in [7, 11) is 0. The Morgan fingerprint density at radius 2 is 1.95 bits per heavy atom. The van der Waals surface area contributed by atoms with Gasteiger partial charge in [0, 0.05) is 6.42 Å². The molecule has 1 heterocycles. The van der Waals surface area contributed by atoms with E-state index in [-0.39, 0.29) is 12.0 Å². The van der Waals surface area contributed by atoms with Gasteiger partial charge in [0.15, 0.2) is 0 Å². The average molecular weight is 290 g/mol. The monoisotopic (exact) mass is 290 g/mol. The van der Waals surface area contributed by atoms with Gasteiger partial charge in [-0.15, -0.1) is 0 Å². The van der Waals surface area contributed by atoms with Gasteiger partial charge in [0.2, 0.25) is 0 Å². The highest BCUT2D eigenvalue weighted by atomic mass is 32.1. The summed E-state index contributed by atoms with van der Waals surface area (Å²) in [6.45, 7) is 0. The predicted octanol–water partition coefficient (Wildman–Crippen LogP) is 4.18. The third kappa shape index (κ3) is 3.33. The van der Waals surface area contributed by atoms with E-state index < -0.39 is 23.7 Å². The molecule has 6 heteroatoms. The molecule has 0 aliphatic carbocycles. The number of aliphatic hydroxyl groups excluding tert-OH is 1. The molecule has 2 rings (SSSR count). The Hall–Kier alpha value is -1.40. The van der Waals surface area contributed by atoms with Crippen LogP contribution >= 0.6 is 11.3 Å². The molecule has 1 aromatic carbocycles. The first kappa shape index (κ1) is 14.0. The summed E-state index contributed by atoms with van der Waals surface area (Å²) in [5.41, 5.74) is -0.690. The number of aliphatic hydroxyl groups is 1. The van der Waals surface area contributed by atoms with Crippen LogP contribution in [0.3, 0.4) is 0 Å². The second-order valence-corrected chi connectivity index (χ2v) is 4.86. The second kappa shape index (κ2) is 5.30. The van der Waals surface area contributed by atoms with Gasteiger partial charge < -0.3 is 5.11 Å². The predicted molar refractivity (Wildman–Crippen MR) is 64.4 cm³/mol.